The van der Waals surface area contributed by atoms with Crippen molar-refractivity contribution in [1.82, 2.24) is 0 Å². The molecule has 0 aliphatic heterocycles. The second-order valence-electron chi connectivity index (χ2n) is 3.86. The number of rotatable bonds is 2. The molecule has 3 nitrogen and oxygen atoms in total. The lowest BCUT2D eigenvalue weighted by Crippen LogP contribution is -2.13. The number of nitriles is 1. The summed E-state index contributed by atoms with van der Waals surface area (Å²) in [5.41, 5.74) is 1.17. The monoisotopic (exact) mass is 396 g/mol. The topological polar surface area (TPSA) is 52.9 Å². The first-order valence-electron chi connectivity index (χ1n) is 5.48. The van der Waals surface area contributed by atoms with Gasteiger partial charge in [0.2, 0.25) is 0 Å². The summed E-state index contributed by atoms with van der Waals surface area (Å²) < 4.78 is 14.1. The standard InChI is InChI=1S/C14H7Br2FN2O/c15-10-6-8(7-18)4-5-12(10)19-14(20)9-2-1-3-11(17)13(9)16/h1-6H,(H,19,20). The van der Waals surface area contributed by atoms with Crippen molar-refractivity contribution in [2.75, 3.05) is 5.32 Å². The second kappa shape index (κ2) is 6.16. The molecule has 0 saturated carbocycles. The van der Waals surface area contributed by atoms with E-state index in [1.807, 2.05) is 6.07 Å². The fourth-order valence-electron chi connectivity index (χ4n) is 1.55. The number of anilines is 1. The molecule has 0 radical (unpaired) electrons. The fraction of sp³-hybridized carbons (Fsp3) is 0. The maximum Gasteiger partial charge on any atom is 0.256 e. The first-order chi connectivity index (χ1) is 9.52. The molecular formula is C14H7Br2FN2O. The van der Waals surface area contributed by atoms with Gasteiger partial charge in [-0.3, -0.25) is 4.79 Å². The lowest BCUT2D eigenvalue weighted by Gasteiger charge is -2.09. The summed E-state index contributed by atoms with van der Waals surface area (Å²) in [4.78, 5) is 12.1. The predicted molar refractivity (Wildman–Crippen MR) is 80.9 cm³/mol. The summed E-state index contributed by atoms with van der Waals surface area (Å²) in [6, 6.07) is 11.0. The van der Waals surface area contributed by atoms with Gasteiger partial charge >= 0.3 is 0 Å². The molecule has 2 aromatic carbocycles. The van der Waals surface area contributed by atoms with Crippen molar-refractivity contribution in [3.63, 3.8) is 0 Å². The molecule has 1 amide bonds. The van der Waals surface area contributed by atoms with E-state index >= 15 is 0 Å². The van der Waals surface area contributed by atoms with Crippen molar-refractivity contribution in [1.29, 1.82) is 5.26 Å². The van der Waals surface area contributed by atoms with Gasteiger partial charge < -0.3 is 5.32 Å². The highest BCUT2D eigenvalue weighted by Gasteiger charge is 2.14. The Labute approximate surface area is 131 Å². The van der Waals surface area contributed by atoms with Crippen molar-refractivity contribution in [2.24, 2.45) is 0 Å². The first kappa shape index (κ1) is 14.7. The molecule has 6 heteroatoms. The second-order valence-corrected chi connectivity index (χ2v) is 5.51. The van der Waals surface area contributed by atoms with E-state index in [1.54, 1.807) is 18.2 Å². The van der Waals surface area contributed by atoms with E-state index in [4.69, 9.17) is 5.26 Å². The summed E-state index contributed by atoms with van der Waals surface area (Å²) in [5, 5.41) is 11.4. The average Bonchev–Trinajstić information content (AvgIpc) is 2.44. The van der Waals surface area contributed by atoms with E-state index in [0.717, 1.165) is 0 Å². The number of amides is 1. The van der Waals surface area contributed by atoms with Crippen LogP contribution >= 0.6 is 31.9 Å². The average molecular weight is 398 g/mol. The summed E-state index contributed by atoms with van der Waals surface area (Å²) in [5.74, 6) is -0.946. The number of carbonyl (C=O) groups excluding carboxylic acids is 1. The zero-order valence-corrected chi connectivity index (χ0v) is 13.1. The molecule has 2 aromatic rings. The third-order valence-electron chi connectivity index (χ3n) is 2.54. The molecule has 0 spiro atoms. The molecule has 0 atom stereocenters. The van der Waals surface area contributed by atoms with Crippen molar-refractivity contribution in [3.8, 4) is 6.07 Å². The smallest absolute Gasteiger partial charge is 0.256 e. The van der Waals surface area contributed by atoms with Gasteiger partial charge in [-0.1, -0.05) is 6.07 Å². The van der Waals surface area contributed by atoms with Crippen LogP contribution in [0.1, 0.15) is 15.9 Å². The van der Waals surface area contributed by atoms with Crippen LogP contribution in [-0.2, 0) is 0 Å². The zero-order valence-electron chi connectivity index (χ0n) is 9.95. The molecular weight excluding hydrogens is 391 g/mol. The van der Waals surface area contributed by atoms with Gasteiger partial charge in [0.1, 0.15) is 5.82 Å². The van der Waals surface area contributed by atoms with Gasteiger partial charge in [0.25, 0.3) is 5.91 Å². The zero-order chi connectivity index (χ0) is 14.7. The van der Waals surface area contributed by atoms with Crippen molar-refractivity contribution >= 4 is 43.5 Å². The highest BCUT2D eigenvalue weighted by Crippen LogP contribution is 2.26. The van der Waals surface area contributed by atoms with Gasteiger partial charge in [0.05, 0.1) is 27.4 Å². The molecule has 20 heavy (non-hydrogen) atoms. The van der Waals surface area contributed by atoms with Gasteiger partial charge in [0, 0.05) is 4.47 Å². The van der Waals surface area contributed by atoms with E-state index in [-0.39, 0.29) is 10.0 Å². The summed E-state index contributed by atoms with van der Waals surface area (Å²) in [6.45, 7) is 0. The maximum atomic E-state index is 13.4. The van der Waals surface area contributed by atoms with Crippen LogP contribution in [0.25, 0.3) is 0 Å². The highest BCUT2D eigenvalue weighted by molar-refractivity contribution is 9.11. The Hall–Kier alpha value is -1.71. The van der Waals surface area contributed by atoms with Crippen molar-refractivity contribution in [2.45, 2.75) is 0 Å². The number of halogens is 3. The molecule has 100 valence electrons. The first-order valence-corrected chi connectivity index (χ1v) is 7.06. The molecule has 0 saturated heterocycles. The van der Waals surface area contributed by atoms with Crippen LogP contribution < -0.4 is 5.32 Å². The molecule has 0 fully saturated rings. The summed E-state index contributed by atoms with van der Waals surface area (Å²) in [6.07, 6.45) is 0. The van der Waals surface area contributed by atoms with Gasteiger partial charge in [-0.25, -0.2) is 4.39 Å². The van der Waals surface area contributed by atoms with Crippen LogP contribution in [0.4, 0.5) is 10.1 Å². The minimum Gasteiger partial charge on any atom is -0.321 e. The van der Waals surface area contributed by atoms with Crippen LogP contribution in [0.15, 0.2) is 45.3 Å². The van der Waals surface area contributed by atoms with Crippen LogP contribution in [0, 0.1) is 17.1 Å². The number of hydrogen-bond acceptors (Lipinski definition) is 2. The van der Waals surface area contributed by atoms with Crippen LogP contribution in [0.2, 0.25) is 0 Å². The predicted octanol–water partition coefficient (Wildman–Crippen LogP) is 4.47. The normalized spacial score (nSPS) is 9.90. The summed E-state index contributed by atoms with van der Waals surface area (Å²) >= 11 is 6.32. The van der Waals surface area contributed by atoms with Crippen molar-refractivity contribution in [3.05, 3.63) is 62.3 Å². The summed E-state index contributed by atoms with van der Waals surface area (Å²) in [7, 11) is 0. The van der Waals surface area contributed by atoms with Crippen LogP contribution in [0.5, 0.6) is 0 Å². The number of benzene rings is 2. The van der Waals surface area contributed by atoms with Crippen molar-refractivity contribution < 1.29 is 9.18 Å². The van der Waals surface area contributed by atoms with E-state index in [1.165, 1.54) is 18.2 Å². The Kier molecular flexibility index (Phi) is 4.53. The SMILES string of the molecule is N#Cc1ccc(NC(=O)c2cccc(F)c2Br)c(Br)c1. The Morgan fingerprint density at radius 1 is 1.25 bits per heavy atom. The molecule has 0 unspecified atom stereocenters. The third kappa shape index (κ3) is 3.06. The Bertz CT molecular complexity index is 726. The Balaban J connectivity index is 2.29. The molecule has 0 aliphatic rings. The molecule has 2 rings (SSSR count). The van der Waals surface area contributed by atoms with Gasteiger partial charge in [0.15, 0.2) is 0 Å². The van der Waals surface area contributed by atoms with E-state index < -0.39 is 11.7 Å². The Morgan fingerprint density at radius 2 is 2.00 bits per heavy atom. The van der Waals surface area contributed by atoms with E-state index in [2.05, 4.69) is 37.2 Å². The van der Waals surface area contributed by atoms with E-state index in [9.17, 15) is 9.18 Å². The molecule has 1 N–H and O–H groups in total. The van der Waals surface area contributed by atoms with Crippen LogP contribution in [0.3, 0.4) is 0 Å². The quantitative estimate of drug-likeness (QED) is 0.812. The lowest BCUT2D eigenvalue weighted by molar-refractivity contribution is 0.102. The molecule has 0 aliphatic carbocycles. The largest absolute Gasteiger partial charge is 0.321 e. The number of nitrogens with one attached hydrogen (secondary N) is 1. The highest BCUT2D eigenvalue weighted by atomic mass is 79.9. The minimum absolute atomic E-state index is 0.113. The lowest BCUT2D eigenvalue weighted by atomic mass is 10.2. The van der Waals surface area contributed by atoms with E-state index in [0.29, 0.717) is 15.7 Å². The molecule has 0 aromatic heterocycles. The van der Waals surface area contributed by atoms with Gasteiger partial charge in [-0.2, -0.15) is 5.26 Å². The van der Waals surface area contributed by atoms with Gasteiger partial charge in [-0.15, -0.1) is 0 Å². The third-order valence-corrected chi connectivity index (χ3v) is 4.00. The van der Waals surface area contributed by atoms with Crippen LogP contribution in [-0.4, -0.2) is 5.91 Å². The number of nitrogens with zero attached hydrogens (tertiary/aromatic N) is 1. The fourth-order valence-corrected chi connectivity index (χ4v) is 2.48. The molecule has 0 bridgehead atoms. The minimum atomic E-state index is -0.503. The molecule has 0 heterocycles. The van der Waals surface area contributed by atoms with Gasteiger partial charge in [-0.05, 0) is 62.2 Å². The number of hydrogen-bond donors (Lipinski definition) is 1. The Morgan fingerprint density at radius 3 is 2.65 bits per heavy atom. The maximum absolute atomic E-state index is 13.4. The number of carbonyl (C=O) groups is 1.